The number of anilines is 2. The van der Waals surface area contributed by atoms with Crippen LogP contribution in [0, 0.1) is 13.8 Å². The molecule has 3 N–H and O–H groups in total. The number of para-hydroxylation sites is 1. The molecule has 0 saturated carbocycles. The predicted octanol–water partition coefficient (Wildman–Crippen LogP) is 5.90. The zero-order chi connectivity index (χ0) is 23.6. The van der Waals surface area contributed by atoms with Gasteiger partial charge in [0.15, 0.2) is 5.13 Å². The van der Waals surface area contributed by atoms with Crippen molar-refractivity contribution in [3.05, 3.63) is 40.4 Å². The SMILES string of the molecule is Cc1nc(NC(=O)c2ccccc2NCCCCCCCNC(=O)OC(C)(C)C)sc1C. The van der Waals surface area contributed by atoms with E-state index < -0.39 is 5.60 Å². The maximum absolute atomic E-state index is 12.7. The average Bonchev–Trinajstić information content (AvgIpc) is 3.02. The van der Waals surface area contributed by atoms with Crippen molar-refractivity contribution in [2.75, 3.05) is 23.7 Å². The molecule has 1 aromatic heterocycles. The zero-order valence-electron chi connectivity index (χ0n) is 19.8. The minimum absolute atomic E-state index is 0.153. The largest absolute Gasteiger partial charge is 0.444 e. The number of carbonyl (C=O) groups excluding carboxylic acids is 2. The first-order valence-electron chi connectivity index (χ1n) is 11.2. The van der Waals surface area contributed by atoms with Gasteiger partial charge in [0.05, 0.1) is 11.3 Å². The molecule has 1 aromatic carbocycles. The molecule has 0 bridgehead atoms. The van der Waals surface area contributed by atoms with E-state index in [-0.39, 0.29) is 12.0 Å². The summed E-state index contributed by atoms with van der Waals surface area (Å²) in [4.78, 5) is 29.8. The van der Waals surface area contributed by atoms with Gasteiger partial charge in [0.25, 0.3) is 5.91 Å². The van der Waals surface area contributed by atoms with E-state index in [9.17, 15) is 9.59 Å². The van der Waals surface area contributed by atoms with Crippen LogP contribution in [0.15, 0.2) is 24.3 Å². The molecule has 0 aliphatic rings. The van der Waals surface area contributed by atoms with E-state index in [0.29, 0.717) is 17.2 Å². The number of aryl methyl sites for hydroxylation is 2. The number of unbranched alkanes of at least 4 members (excludes halogenated alkanes) is 4. The predicted molar refractivity (Wildman–Crippen MR) is 132 cm³/mol. The van der Waals surface area contributed by atoms with Gasteiger partial charge in [-0.2, -0.15) is 0 Å². The van der Waals surface area contributed by atoms with E-state index >= 15 is 0 Å². The molecule has 0 unspecified atom stereocenters. The molecule has 176 valence electrons. The fourth-order valence-electron chi connectivity index (χ4n) is 3.03. The first kappa shape index (κ1) is 25.6. The van der Waals surface area contributed by atoms with Gasteiger partial charge in [-0.05, 0) is 59.6 Å². The molecule has 0 aliphatic carbocycles. The summed E-state index contributed by atoms with van der Waals surface area (Å²) in [5, 5.41) is 9.70. The highest BCUT2D eigenvalue weighted by atomic mass is 32.1. The summed E-state index contributed by atoms with van der Waals surface area (Å²) >= 11 is 1.49. The lowest BCUT2D eigenvalue weighted by Crippen LogP contribution is -2.32. The van der Waals surface area contributed by atoms with E-state index in [2.05, 4.69) is 20.9 Å². The molecule has 0 fully saturated rings. The first-order valence-corrected chi connectivity index (χ1v) is 12.0. The number of hydrogen-bond donors (Lipinski definition) is 3. The Hall–Kier alpha value is -2.61. The van der Waals surface area contributed by atoms with Gasteiger partial charge in [0.1, 0.15) is 5.60 Å². The number of amides is 2. The Morgan fingerprint density at radius 1 is 1.00 bits per heavy atom. The number of nitrogens with one attached hydrogen (secondary N) is 3. The minimum Gasteiger partial charge on any atom is -0.444 e. The van der Waals surface area contributed by atoms with Crippen LogP contribution in [-0.4, -0.2) is 35.7 Å². The number of ether oxygens (including phenoxy) is 1. The van der Waals surface area contributed by atoms with Gasteiger partial charge in [-0.25, -0.2) is 9.78 Å². The molecule has 32 heavy (non-hydrogen) atoms. The first-order chi connectivity index (χ1) is 15.2. The van der Waals surface area contributed by atoms with Crippen molar-refractivity contribution in [3.8, 4) is 0 Å². The molecule has 1 heterocycles. The topological polar surface area (TPSA) is 92.4 Å². The van der Waals surface area contributed by atoms with E-state index in [0.717, 1.165) is 54.9 Å². The van der Waals surface area contributed by atoms with Crippen LogP contribution in [0.4, 0.5) is 15.6 Å². The third kappa shape index (κ3) is 9.26. The van der Waals surface area contributed by atoms with Crippen LogP contribution < -0.4 is 16.0 Å². The number of thiazole rings is 1. The Morgan fingerprint density at radius 3 is 2.31 bits per heavy atom. The molecule has 8 heteroatoms. The van der Waals surface area contributed by atoms with Gasteiger partial charge >= 0.3 is 6.09 Å². The standard InChI is InChI=1S/C24H36N4O3S/c1-17-18(2)32-22(27-17)28-21(29)19-13-9-10-14-20(19)25-15-11-7-6-8-12-16-26-23(30)31-24(3,4)5/h9-10,13-14,25H,6-8,11-12,15-16H2,1-5H3,(H,26,30)(H,27,28,29). The summed E-state index contributed by atoms with van der Waals surface area (Å²) in [7, 11) is 0. The van der Waals surface area contributed by atoms with Gasteiger partial charge in [-0.1, -0.05) is 31.4 Å². The number of rotatable bonds is 11. The highest BCUT2D eigenvalue weighted by Gasteiger charge is 2.15. The van der Waals surface area contributed by atoms with Crippen molar-refractivity contribution in [1.82, 2.24) is 10.3 Å². The molecular formula is C24H36N4O3S. The zero-order valence-corrected chi connectivity index (χ0v) is 20.7. The smallest absolute Gasteiger partial charge is 0.407 e. The molecular weight excluding hydrogens is 424 g/mol. The second-order valence-electron chi connectivity index (χ2n) is 8.78. The third-order valence-corrected chi connectivity index (χ3v) is 5.75. The number of carbonyl (C=O) groups is 2. The Bertz CT molecular complexity index is 870. The van der Waals surface area contributed by atoms with E-state index in [1.165, 1.54) is 11.3 Å². The summed E-state index contributed by atoms with van der Waals surface area (Å²) in [5.41, 5.74) is 1.93. The number of benzene rings is 1. The van der Waals surface area contributed by atoms with Crippen molar-refractivity contribution < 1.29 is 14.3 Å². The fourth-order valence-corrected chi connectivity index (χ4v) is 3.84. The second-order valence-corrected chi connectivity index (χ2v) is 9.99. The van der Waals surface area contributed by atoms with Crippen molar-refractivity contribution >= 4 is 34.2 Å². The van der Waals surface area contributed by atoms with Gasteiger partial charge in [0.2, 0.25) is 0 Å². The van der Waals surface area contributed by atoms with Crippen LogP contribution in [0.25, 0.3) is 0 Å². The quantitative estimate of drug-likeness (QED) is 0.363. The van der Waals surface area contributed by atoms with Crippen LogP contribution >= 0.6 is 11.3 Å². The summed E-state index contributed by atoms with van der Waals surface area (Å²) in [6.07, 6.45) is 4.84. The van der Waals surface area contributed by atoms with Crippen molar-refractivity contribution in [2.24, 2.45) is 0 Å². The summed E-state index contributed by atoms with van der Waals surface area (Å²) in [5.74, 6) is -0.153. The van der Waals surface area contributed by atoms with Crippen molar-refractivity contribution in [1.29, 1.82) is 0 Å². The molecule has 0 aliphatic heterocycles. The van der Waals surface area contributed by atoms with Crippen LogP contribution in [0.3, 0.4) is 0 Å². The molecule has 0 saturated heterocycles. The third-order valence-electron chi connectivity index (χ3n) is 4.76. The molecule has 0 atom stereocenters. The normalized spacial score (nSPS) is 11.2. The monoisotopic (exact) mass is 460 g/mol. The highest BCUT2D eigenvalue weighted by Crippen LogP contribution is 2.23. The van der Waals surface area contributed by atoms with Crippen molar-refractivity contribution in [2.45, 2.75) is 72.3 Å². The van der Waals surface area contributed by atoms with E-state index in [1.54, 1.807) is 0 Å². The summed E-state index contributed by atoms with van der Waals surface area (Å²) in [6.45, 7) is 10.9. The molecule has 2 aromatic rings. The fraction of sp³-hybridized carbons (Fsp3) is 0.542. The van der Waals surface area contributed by atoms with Gasteiger partial charge in [-0.3, -0.25) is 10.1 Å². The number of aromatic nitrogens is 1. The van der Waals surface area contributed by atoms with E-state index in [1.807, 2.05) is 58.9 Å². The summed E-state index contributed by atoms with van der Waals surface area (Å²) < 4.78 is 5.22. The Morgan fingerprint density at radius 2 is 1.66 bits per heavy atom. The Labute approximate surface area is 195 Å². The average molecular weight is 461 g/mol. The van der Waals surface area contributed by atoms with Gasteiger partial charge < -0.3 is 15.4 Å². The van der Waals surface area contributed by atoms with Crippen LogP contribution in [0.1, 0.15) is 73.8 Å². The number of alkyl carbamates (subject to hydrolysis) is 1. The molecule has 0 spiro atoms. The lowest BCUT2D eigenvalue weighted by molar-refractivity contribution is 0.0526. The Balaban J connectivity index is 1.64. The number of nitrogens with zero attached hydrogens (tertiary/aromatic N) is 1. The van der Waals surface area contributed by atoms with Gasteiger partial charge in [-0.15, -0.1) is 11.3 Å². The van der Waals surface area contributed by atoms with Gasteiger partial charge in [0, 0.05) is 23.7 Å². The summed E-state index contributed by atoms with van der Waals surface area (Å²) in [6, 6.07) is 7.54. The lowest BCUT2D eigenvalue weighted by atomic mass is 10.1. The minimum atomic E-state index is -0.463. The van der Waals surface area contributed by atoms with Crippen LogP contribution in [0.5, 0.6) is 0 Å². The lowest BCUT2D eigenvalue weighted by Gasteiger charge is -2.19. The molecule has 2 rings (SSSR count). The Kier molecular flexibility index (Phi) is 9.97. The molecule has 7 nitrogen and oxygen atoms in total. The highest BCUT2D eigenvalue weighted by molar-refractivity contribution is 7.15. The van der Waals surface area contributed by atoms with Crippen LogP contribution in [-0.2, 0) is 4.74 Å². The number of hydrogen-bond acceptors (Lipinski definition) is 6. The van der Waals surface area contributed by atoms with E-state index in [4.69, 9.17) is 4.74 Å². The maximum atomic E-state index is 12.7. The molecule has 2 amide bonds. The maximum Gasteiger partial charge on any atom is 0.407 e. The van der Waals surface area contributed by atoms with Crippen LogP contribution in [0.2, 0.25) is 0 Å². The second kappa shape index (κ2) is 12.4. The molecule has 0 radical (unpaired) electrons. The van der Waals surface area contributed by atoms with Crippen molar-refractivity contribution in [3.63, 3.8) is 0 Å².